The van der Waals surface area contributed by atoms with E-state index in [0.29, 0.717) is 5.92 Å². The highest BCUT2D eigenvalue weighted by Crippen LogP contribution is 2.26. The maximum atomic E-state index is 9.26. The number of phenolic OH excluding ortho intramolecular Hbond substituents is 1. The lowest BCUT2D eigenvalue weighted by atomic mass is 10.1. The normalized spacial score (nSPS) is 18.5. The number of nitrogens with zero attached hydrogens (tertiary/aromatic N) is 2. The summed E-state index contributed by atoms with van der Waals surface area (Å²) < 4.78 is 2.01. The van der Waals surface area contributed by atoms with Crippen LogP contribution in [-0.2, 0) is 6.54 Å². The fourth-order valence-corrected chi connectivity index (χ4v) is 2.11. The van der Waals surface area contributed by atoms with E-state index in [1.807, 2.05) is 16.8 Å². The number of fused-ring (bicyclic) bond motifs is 1. The van der Waals surface area contributed by atoms with Gasteiger partial charge < -0.3 is 10.4 Å². The molecule has 0 saturated carbocycles. The van der Waals surface area contributed by atoms with Crippen molar-refractivity contribution in [1.82, 2.24) is 9.78 Å². The summed E-state index contributed by atoms with van der Waals surface area (Å²) in [7, 11) is 0. The van der Waals surface area contributed by atoms with E-state index in [4.69, 9.17) is 0 Å². The van der Waals surface area contributed by atoms with Crippen LogP contribution in [0, 0.1) is 5.92 Å². The topological polar surface area (TPSA) is 50.1 Å². The van der Waals surface area contributed by atoms with Crippen molar-refractivity contribution in [3.8, 4) is 17.0 Å². The second-order valence-electron chi connectivity index (χ2n) is 4.63. The standard InChI is InChI=1S/C13H15N3O/c1-9-7-14-13-6-12(15-16(13)8-9)10-2-4-11(17)5-3-10/h2-6,9,14,17H,7-8H2,1H3. The van der Waals surface area contributed by atoms with E-state index < -0.39 is 0 Å². The zero-order chi connectivity index (χ0) is 11.8. The van der Waals surface area contributed by atoms with Gasteiger partial charge in [-0.15, -0.1) is 0 Å². The average molecular weight is 229 g/mol. The van der Waals surface area contributed by atoms with Gasteiger partial charge in [0, 0.05) is 24.7 Å². The molecular weight excluding hydrogens is 214 g/mol. The Labute approximate surface area is 99.9 Å². The van der Waals surface area contributed by atoms with Crippen molar-refractivity contribution in [2.75, 3.05) is 11.9 Å². The van der Waals surface area contributed by atoms with Gasteiger partial charge >= 0.3 is 0 Å². The Balaban J connectivity index is 1.97. The number of aromatic hydroxyl groups is 1. The van der Waals surface area contributed by atoms with Crippen LogP contribution in [0.5, 0.6) is 5.75 Å². The van der Waals surface area contributed by atoms with Crippen molar-refractivity contribution >= 4 is 5.82 Å². The monoisotopic (exact) mass is 229 g/mol. The average Bonchev–Trinajstić information content (AvgIpc) is 2.72. The molecule has 0 amide bonds. The van der Waals surface area contributed by atoms with Crippen molar-refractivity contribution in [1.29, 1.82) is 0 Å². The van der Waals surface area contributed by atoms with Crippen LogP contribution in [0.15, 0.2) is 30.3 Å². The van der Waals surface area contributed by atoms with Gasteiger partial charge in [0.05, 0.1) is 5.69 Å². The molecule has 0 aliphatic carbocycles. The molecule has 0 fully saturated rings. The zero-order valence-electron chi connectivity index (χ0n) is 9.72. The molecule has 0 spiro atoms. The quantitative estimate of drug-likeness (QED) is 0.789. The van der Waals surface area contributed by atoms with Crippen LogP contribution in [-0.4, -0.2) is 21.4 Å². The summed E-state index contributed by atoms with van der Waals surface area (Å²) in [5.74, 6) is 1.96. The van der Waals surface area contributed by atoms with Gasteiger partial charge in [0.15, 0.2) is 0 Å². The Morgan fingerprint density at radius 2 is 2.12 bits per heavy atom. The third-order valence-electron chi connectivity index (χ3n) is 3.06. The van der Waals surface area contributed by atoms with Crippen molar-refractivity contribution in [3.63, 3.8) is 0 Å². The Morgan fingerprint density at radius 3 is 2.88 bits per heavy atom. The molecule has 4 nitrogen and oxygen atoms in total. The minimum Gasteiger partial charge on any atom is -0.508 e. The van der Waals surface area contributed by atoms with E-state index in [1.54, 1.807) is 12.1 Å². The van der Waals surface area contributed by atoms with Gasteiger partial charge in [-0.2, -0.15) is 5.10 Å². The molecule has 88 valence electrons. The molecule has 2 heterocycles. The summed E-state index contributed by atoms with van der Waals surface area (Å²) in [5.41, 5.74) is 1.97. The van der Waals surface area contributed by atoms with Crippen LogP contribution < -0.4 is 5.32 Å². The summed E-state index contributed by atoms with van der Waals surface area (Å²) in [4.78, 5) is 0. The Kier molecular flexibility index (Phi) is 2.28. The summed E-state index contributed by atoms with van der Waals surface area (Å²) in [5, 5.41) is 17.2. The summed E-state index contributed by atoms with van der Waals surface area (Å²) >= 11 is 0. The van der Waals surface area contributed by atoms with Crippen LogP contribution in [0.4, 0.5) is 5.82 Å². The minimum absolute atomic E-state index is 0.282. The fraction of sp³-hybridized carbons (Fsp3) is 0.308. The third-order valence-corrected chi connectivity index (χ3v) is 3.06. The van der Waals surface area contributed by atoms with Crippen molar-refractivity contribution in [2.24, 2.45) is 5.92 Å². The van der Waals surface area contributed by atoms with Gasteiger partial charge in [0.25, 0.3) is 0 Å². The van der Waals surface area contributed by atoms with Gasteiger partial charge in [-0.3, -0.25) is 0 Å². The van der Waals surface area contributed by atoms with Gasteiger partial charge in [-0.25, -0.2) is 4.68 Å². The van der Waals surface area contributed by atoms with Crippen LogP contribution in [0.3, 0.4) is 0 Å². The Bertz CT molecular complexity index is 530. The fourth-order valence-electron chi connectivity index (χ4n) is 2.11. The van der Waals surface area contributed by atoms with E-state index >= 15 is 0 Å². The smallest absolute Gasteiger partial charge is 0.124 e. The molecule has 2 aromatic rings. The SMILES string of the molecule is CC1CNc2cc(-c3ccc(O)cc3)nn2C1. The number of hydrogen-bond donors (Lipinski definition) is 2. The van der Waals surface area contributed by atoms with Crippen molar-refractivity contribution in [3.05, 3.63) is 30.3 Å². The van der Waals surface area contributed by atoms with Crippen LogP contribution in [0.1, 0.15) is 6.92 Å². The molecule has 0 radical (unpaired) electrons. The highest BCUT2D eigenvalue weighted by atomic mass is 16.3. The molecule has 1 atom stereocenters. The molecule has 2 N–H and O–H groups in total. The first-order valence-electron chi connectivity index (χ1n) is 5.83. The molecule has 3 rings (SSSR count). The van der Waals surface area contributed by atoms with E-state index in [-0.39, 0.29) is 5.75 Å². The molecule has 0 bridgehead atoms. The molecule has 17 heavy (non-hydrogen) atoms. The van der Waals surface area contributed by atoms with E-state index in [9.17, 15) is 5.11 Å². The Hall–Kier alpha value is -1.97. The lowest BCUT2D eigenvalue weighted by Gasteiger charge is -2.21. The van der Waals surface area contributed by atoms with Gasteiger partial charge in [-0.05, 0) is 30.2 Å². The lowest BCUT2D eigenvalue weighted by Crippen LogP contribution is -2.25. The van der Waals surface area contributed by atoms with Crippen molar-refractivity contribution in [2.45, 2.75) is 13.5 Å². The first-order valence-corrected chi connectivity index (χ1v) is 5.83. The highest BCUT2D eigenvalue weighted by molar-refractivity contribution is 5.64. The molecule has 1 unspecified atom stereocenters. The molecule has 1 aliphatic heterocycles. The second kappa shape index (κ2) is 3.80. The predicted molar refractivity (Wildman–Crippen MR) is 67.0 cm³/mol. The lowest BCUT2D eigenvalue weighted by molar-refractivity contribution is 0.446. The predicted octanol–water partition coefficient (Wildman–Crippen LogP) is 2.32. The van der Waals surface area contributed by atoms with E-state index in [2.05, 4.69) is 23.4 Å². The number of anilines is 1. The Morgan fingerprint density at radius 1 is 1.35 bits per heavy atom. The first-order chi connectivity index (χ1) is 8.22. The van der Waals surface area contributed by atoms with E-state index in [0.717, 1.165) is 30.2 Å². The summed E-state index contributed by atoms with van der Waals surface area (Å²) in [6, 6.07) is 9.19. The molecule has 1 aromatic carbocycles. The van der Waals surface area contributed by atoms with Gasteiger partial charge in [-0.1, -0.05) is 6.92 Å². The van der Waals surface area contributed by atoms with E-state index in [1.165, 1.54) is 0 Å². The molecular formula is C13H15N3O. The summed E-state index contributed by atoms with van der Waals surface area (Å²) in [6.45, 7) is 4.17. The zero-order valence-corrected chi connectivity index (χ0v) is 9.72. The second-order valence-corrected chi connectivity index (χ2v) is 4.63. The van der Waals surface area contributed by atoms with Crippen molar-refractivity contribution < 1.29 is 5.11 Å². The maximum absolute atomic E-state index is 9.26. The third kappa shape index (κ3) is 1.86. The highest BCUT2D eigenvalue weighted by Gasteiger charge is 2.16. The van der Waals surface area contributed by atoms with Crippen LogP contribution in [0.25, 0.3) is 11.3 Å². The first kappa shape index (κ1) is 10.2. The number of rotatable bonds is 1. The van der Waals surface area contributed by atoms with Gasteiger partial charge in [0.1, 0.15) is 11.6 Å². The van der Waals surface area contributed by atoms with Crippen LogP contribution in [0.2, 0.25) is 0 Å². The number of aromatic nitrogens is 2. The molecule has 1 aliphatic rings. The number of hydrogen-bond acceptors (Lipinski definition) is 3. The summed E-state index contributed by atoms with van der Waals surface area (Å²) in [6.07, 6.45) is 0. The minimum atomic E-state index is 0.282. The molecule has 0 saturated heterocycles. The number of phenols is 1. The number of nitrogens with one attached hydrogen (secondary N) is 1. The largest absolute Gasteiger partial charge is 0.508 e. The maximum Gasteiger partial charge on any atom is 0.124 e. The molecule has 4 heteroatoms. The number of benzene rings is 1. The van der Waals surface area contributed by atoms with Gasteiger partial charge in [0.2, 0.25) is 0 Å². The molecule has 1 aromatic heterocycles. The van der Waals surface area contributed by atoms with Crippen LogP contribution >= 0.6 is 0 Å².